The number of piperazine rings is 1. The van der Waals surface area contributed by atoms with Crippen LogP contribution in [0.4, 0.5) is 4.39 Å². The lowest BCUT2D eigenvalue weighted by atomic mass is 10.1. The summed E-state index contributed by atoms with van der Waals surface area (Å²) in [6.07, 6.45) is 0. The van der Waals surface area contributed by atoms with E-state index in [-0.39, 0.29) is 11.7 Å². The fourth-order valence-electron chi connectivity index (χ4n) is 3.68. The van der Waals surface area contributed by atoms with E-state index < -0.39 is 0 Å². The van der Waals surface area contributed by atoms with Crippen LogP contribution in [-0.2, 0) is 0 Å². The Morgan fingerprint density at radius 1 is 1.07 bits per heavy atom. The average molecular weight is 408 g/mol. The standard InChI is InChI=1S/C23H25FN4O2/c1-3-26-12-14-27(15-13-26)23(29)22-16-21(19-6-4-5-7-20(19)24)25-28(22)17-8-10-18(30-2)11-9-17/h4-11,16H,3,12-15H2,1-2H3. The smallest absolute Gasteiger partial charge is 0.272 e. The maximum Gasteiger partial charge on any atom is 0.272 e. The van der Waals surface area contributed by atoms with Crippen molar-refractivity contribution in [1.82, 2.24) is 19.6 Å². The van der Waals surface area contributed by atoms with E-state index in [1.54, 1.807) is 36.1 Å². The molecule has 1 saturated heterocycles. The van der Waals surface area contributed by atoms with E-state index in [1.165, 1.54) is 6.07 Å². The SMILES string of the molecule is CCN1CCN(C(=O)c2cc(-c3ccccc3F)nn2-c2ccc(OC)cc2)CC1. The minimum absolute atomic E-state index is 0.100. The molecular weight excluding hydrogens is 383 g/mol. The highest BCUT2D eigenvalue weighted by Crippen LogP contribution is 2.26. The fraction of sp³-hybridized carbons (Fsp3) is 0.304. The first-order valence-corrected chi connectivity index (χ1v) is 10.1. The van der Waals surface area contributed by atoms with Crippen molar-refractivity contribution in [2.45, 2.75) is 6.92 Å². The quantitative estimate of drug-likeness (QED) is 0.649. The van der Waals surface area contributed by atoms with Crippen molar-refractivity contribution in [3.8, 4) is 22.7 Å². The third kappa shape index (κ3) is 3.93. The number of carbonyl (C=O) groups is 1. The monoisotopic (exact) mass is 408 g/mol. The Kier molecular flexibility index (Phi) is 5.81. The van der Waals surface area contributed by atoms with Crippen molar-refractivity contribution < 1.29 is 13.9 Å². The van der Waals surface area contributed by atoms with E-state index in [0.717, 1.165) is 19.6 Å². The molecular formula is C23H25FN4O2. The van der Waals surface area contributed by atoms with Gasteiger partial charge in [-0.25, -0.2) is 9.07 Å². The molecule has 0 atom stereocenters. The number of amides is 1. The second-order valence-electron chi connectivity index (χ2n) is 7.23. The summed E-state index contributed by atoms with van der Waals surface area (Å²) in [5, 5.41) is 4.59. The second-order valence-corrected chi connectivity index (χ2v) is 7.23. The first-order chi connectivity index (χ1) is 14.6. The van der Waals surface area contributed by atoms with Crippen molar-refractivity contribution in [1.29, 1.82) is 0 Å². The molecule has 1 amide bonds. The van der Waals surface area contributed by atoms with Crippen LogP contribution in [0.2, 0.25) is 0 Å². The van der Waals surface area contributed by atoms with Crippen molar-refractivity contribution in [2.75, 3.05) is 39.8 Å². The summed E-state index contributed by atoms with van der Waals surface area (Å²) in [5.74, 6) is 0.243. The molecule has 0 spiro atoms. The van der Waals surface area contributed by atoms with E-state index in [4.69, 9.17) is 4.74 Å². The average Bonchev–Trinajstić information content (AvgIpc) is 3.24. The van der Waals surface area contributed by atoms with Crippen LogP contribution in [0.25, 0.3) is 16.9 Å². The number of carbonyl (C=O) groups excluding carboxylic acids is 1. The first kappa shape index (κ1) is 20.1. The van der Waals surface area contributed by atoms with Crippen LogP contribution >= 0.6 is 0 Å². The van der Waals surface area contributed by atoms with Gasteiger partial charge in [0.2, 0.25) is 0 Å². The maximum atomic E-state index is 14.4. The zero-order chi connectivity index (χ0) is 21.1. The molecule has 3 aromatic rings. The van der Waals surface area contributed by atoms with Crippen LogP contribution in [0.1, 0.15) is 17.4 Å². The molecule has 1 aromatic heterocycles. The van der Waals surface area contributed by atoms with Gasteiger partial charge < -0.3 is 14.5 Å². The summed E-state index contributed by atoms with van der Waals surface area (Å²) in [4.78, 5) is 17.5. The molecule has 7 heteroatoms. The minimum atomic E-state index is -0.368. The second kappa shape index (κ2) is 8.67. The number of hydrogen-bond acceptors (Lipinski definition) is 4. The predicted molar refractivity (Wildman–Crippen MR) is 114 cm³/mol. The molecule has 4 rings (SSSR count). The number of rotatable bonds is 5. The van der Waals surface area contributed by atoms with Gasteiger partial charge in [-0.1, -0.05) is 19.1 Å². The molecule has 1 fully saturated rings. The summed E-state index contributed by atoms with van der Waals surface area (Å²) < 4.78 is 21.2. The van der Waals surface area contributed by atoms with E-state index in [1.807, 2.05) is 29.2 Å². The number of likely N-dealkylation sites (N-methyl/N-ethyl adjacent to an activating group) is 1. The number of benzene rings is 2. The lowest BCUT2D eigenvalue weighted by molar-refractivity contribution is 0.0634. The molecule has 0 aliphatic carbocycles. The van der Waals surface area contributed by atoms with Crippen molar-refractivity contribution >= 4 is 5.91 Å². The number of methoxy groups -OCH3 is 1. The first-order valence-electron chi connectivity index (χ1n) is 10.1. The Hall–Kier alpha value is -3.19. The van der Waals surface area contributed by atoms with Gasteiger partial charge in [-0.3, -0.25) is 4.79 Å². The van der Waals surface area contributed by atoms with Gasteiger partial charge in [0.15, 0.2) is 0 Å². The Morgan fingerprint density at radius 2 is 1.77 bits per heavy atom. The molecule has 1 aliphatic heterocycles. The molecule has 0 bridgehead atoms. The van der Waals surface area contributed by atoms with Gasteiger partial charge in [0, 0.05) is 31.7 Å². The third-order valence-corrected chi connectivity index (χ3v) is 5.50. The number of ether oxygens (including phenoxy) is 1. The molecule has 0 N–H and O–H groups in total. The predicted octanol–water partition coefficient (Wildman–Crippen LogP) is 3.46. The minimum Gasteiger partial charge on any atom is -0.497 e. The van der Waals surface area contributed by atoms with Crippen LogP contribution in [-0.4, -0.2) is 65.3 Å². The Balaban J connectivity index is 1.73. The summed E-state index contributed by atoms with van der Waals surface area (Å²) in [6.45, 7) is 6.11. The van der Waals surface area contributed by atoms with Crippen LogP contribution in [0.3, 0.4) is 0 Å². The lowest BCUT2D eigenvalue weighted by Crippen LogP contribution is -2.48. The van der Waals surface area contributed by atoms with Crippen molar-refractivity contribution in [3.05, 3.63) is 66.1 Å². The molecule has 0 unspecified atom stereocenters. The lowest BCUT2D eigenvalue weighted by Gasteiger charge is -2.34. The third-order valence-electron chi connectivity index (χ3n) is 5.50. The number of nitrogens with zero attached hydrogens (tertiary/aromatic N) is 4. The zero-order valence-electron chi connectivity index (χ0n) is 17.2. The van der Waals surface area contributed by atoms with Crippen LogP contribution in [0, 0.1) is 5.82 Å². The van der Waals surface area contributed by atoms with Gasteiger partial charge in [-0.05, 0) is 49.0 Å². The number of aromatic nitrogens is 2. The van der Waals surface area contributed by atoms with Crippen molar-refractivity contribution in [3.63, 3.8) is 0 Å². The summed E-state index contributed by atoms with van der Waals surface area (Å²) >= 11 is 0. The van der Waals surface area contributed by atoms with Crippen LogP contribution in [0.15, 0.2) is 54.6 Å². The molecule has 2 aromatic carbocycles. The van der Waals surface area contributed by atoms with E-state index in [0.29, 0.717) is 41.5 Å². The summed E-state index contributed by atoms with van der Waals surface area (Å²) in [5.41, 5.74) is 1.94. The van der Waals surface area contributed by atoms with Crippen molar-refractivity contribution in [2.24, 2.45) is 0 Å². The summed E-state index contributed by atoms with van der Waals surface area (Å²) in [7, 11) is 1.60. The molecule has 1 aliphatic rings. The van der Waals surface area contributed by atoms with Gasteiger partial charge in [0.1, 0.15) is 17.3 Å². The maximum absolute atomic E-state index is 14.4. The fourth-order valence-corrected chi connectivity index (χ4v) is 3.68. The van der Waals surface area contributed by atoms with E-state index in [2.05, 4.69) is 16.9 Å². The van der Waals surface area contributed by atoms with Gasteiger partial charge >= 0.3 is 0 Å². The van der Waals surface area contributed by atoms with Gasteiger partial charge in [0.05, 0.1) is 18.5 Å². The highest BCUT2D eigenvalue weighted by molar-refractivity contribution is 5.94. The molecule has 156 valence electrons. The van der Waals surface area contributed by atoms with Gasteiger partial charge in [-0.2, -0.15) is 5.10 Å². The highest BCUT2D eigenvalue weighted by Gasteiger charge is 2.26. The normalized spacial score (nSPS) is 14.7. The number of halogens is 1. The largest absolute Gasteiger partial charge is 0.497 e. The Bertz CT molecular complexity index is 1020. The number of hydrogen-bond donors (Lipinski definition) is 0. The zero-order valence-corrected chi connectivity index (χ0v) is 17.2. The van der Waals surface area contributed by atoms with Crippen LogP contribution in [0.5, 0.6) is 5.75 Å². The van der Waals surface area contributed by atoms with E-state index in [9.17, 15) is 9.18 Å². The van der Waals surface area contributed by atoms with Gasteiger partial charge in [0.25, 0.3) is 5.91 Å². The Morgan fingerprint density at radius 3 is 2.40 bits per heavy atom. The molecule has 0 radical (unpaired) electrons. The Labute approximate surface area is 175 Å². The molecule has 6 nitrogen and oxygen atoms in total. The van der Waals surface area contributed by atoms with E-state index >= 15 is 0 Å². The molecule has 0 saturated carbocycles. The molecule has 30 heavy (non-hydrogen) atoms. The summed E-state index contributed by atoms with van der Waals surface area (Å²) in [6, 6.07) is 15.4. The van der Waals surface area contributed by atoms with Gasteiger partial charge in [-0.15, -0.1) is 0 Å². The highest BCUT2D eigenvalue weighted by atomic mass is 19.1. The topological polar surface area (TPSA) is 50.6 Å². The molecule has 2 heterocycles. The van der Waals surface area contributed by atoms with Crippen LogP contribution < -0.4 is 4.74 Å².